The Labute approximate surface area is 331 Å². The van der Waals surface area contributed by atoms with Crippen LogP contribution in [0.2, 0.25) is 0 Å². The van der Waals surface area contributed by atoms with Crippen molar-refractivity contribution in [3.63, 3.8) is 0 Å². The molecule has 3 aliphatic rings. The largest absolute Gasteiger partial charge is 0.334 e. The van der Waals surface area contributed by atoms with E-state index in [0.717, 1.165) is 17.8 Å². The van der Waals surface area contributed by atoms with Crippen molar-refractivity contribution in [2.45, 2.75) is 51.0 Å². The fourth-order valence-corrected chi connectivity index (χ4v) is 9.64. The van der Waals surface area contributed by atoms with Gasteiger partial charge in [-0.05, 0) is 123 Å². The van der Waals surface area contributed by atoms with Crippen LogP contribution in [0.4, 0.5) is 28.4 Å². The van der Waals surface area contributed by atoms with Crippen molar-refractivity contribution in [3.05, 3.63) is 216 Å². The number of fused-ring (bicyclic) bond motifs is 6. The first-order valence-corrected chi connectivity index (χ1v) is 20.0. The van der Waals surface area contributed by atoms with E-state index in [-0.39, 0.29) is 16.9 Å². The smallest absolute Gasteiger partial charge is 0.0560 e. The first-order valence-electron chi connectivity index (χ1n) is 20.0. The number of rotatable bonds is 7. The van der Waals surface area contributed by atoms with E-state index in [1.54, 1.807) is 0 Å². The zero-order chi connectivity index (χ0) is 38.0. The Bertz CT molecular complexity index is 2660. The second kappa shape index (κ2) is 13.1. The molecule has 0 spiro atoms. The Hall–Kier alpha value is -6.38. The highest BCUT2D eigenvalue weighted by Gasteiger charge is 2.37. The van der Waals surface area contributed by atoms with Gasteiger partial charge in [-0.15, -0.1) is 0 Å². The maximum Gasteiger partial charge on any atom is 0.0560 e. The van der Waals surface area contributed by atoms with Crippen LogP contribution in [-0.4, -0.2) is 6.04 Å². The van der Waals surface area contributed by atoms with Crippen molar-refractivity contribution in [1.29, 1.82) is 0 Å². The molecule has 0 radical (unpaired) electrons. The molecule has 0 amide bonds. The van der Waals surface area contributed by atoms with E-state index in [1.807, 2.05) is 0 Å². The summed E-state index contributed by atoms with van der Waals surface area (Å²) in [5, 5.41) is 0. The molecule has 7 aromatic rings. The van der Waals surface area contributed by atoms with Gasteiger partial charge >= 0.3 is 0 Å². The predicted molar refractivity (Wildman–Crippen MR) is 237 cm³/mol. The van der Waals surface area contributed by atoms with Crippen LogP contribution < -0.4 is 9.80 Å². The quantitative estimate of drug-likeness (QED) is 0.162. The highest BCUT2D eigenvalue weighted by Crippen LogP contribution is 2.52. The van der Waals surface area contributed by atoms with Gasteiger partial charge in [-0.3, -0.25) is 0 Å². The van der Waals surface area contributed by atoms with Gasteiger partial charge in [0.25, 0.3) is 0 Å². The summed E-state index contributed by atoms with van der Waals surface area (Å²) in [4.78, 5) is 4.90. The summed E-state index contributed by atoms with van der Waals surface area (Å²) in [6.07, 6.45) is 8.04. The standard InChI is InChI=1S/C54H46N2/c1-53(2)49-21-13-11-19-45(49)47-33-31-43(35-51(47)53)55(39-15-7-5-8-16-39)41-27-23-37(24-28-41)38-25-29-42(30-26-38)56(40-17-9-6-10-18-40)44-32-34-48-46-20-12-14-22-50(46)54(3,4)52(48)36-44/h5-29,31-36,42H,30H2,1-4H3. The minimum atomic E-state index is -0.0646. The SMILES string of the molecule is CC1(C)c2ccccc2-c2ccc(N(c3ccccc3)c3ccc(C4=CCC(N(c5ccccc5)c5ccc6c(c5)C(C)(C)c5ccccc5-6)C=C4)cc3)cc21. The number of allylic oxidation sites excluding steroid dienone is 2. The number of benzene rings is 7. The molecular formula is C54H46N2. The summed E-state index contributed by atoms with van der Waals surface area (Å²) >= 11 is 0. The molecule has 56 heavy (non-hydrogen) atoms. The van der Waals surface area contributed by atoms with Gasteiger partial charge in [0.2, 0.25) is 0 Å². The molecule has 10 rings (SSSR count). The fraction of sp³-hybridized carbons (Fsp3) is 0.148. The lowest BCUT2D eigenvalue weighted by Crippen LogP contribution is -2.30. The summed E-state index contributed by atoms with van der Waals surface area (Å²) in [5.41, 5.74) is 19.2. The van der Waals surface area contributed by atoms with Crippen LogP contribution >= 0.6 is 0 Å². The molecule has 7 aromatic carbocycles. The molecule has 0 fully saturated rings. The van der Waals surface area contributed by atoms with E-state index in [2.05, 4.69) is 226 Å². The Morgan fingerprint density at radius 1 is 0.429 bits per heavy atom. The Balaban J connectivity index is 0.949. The molecule has 2 nitrogen and oxygen atoms in total. The van der Waals surface area contributed by atoms with Gasteiger partial charge in [0.1, 0.15) is 0 Å². The van der Waals surface area contributed by atoms with E-state index >= 15 is 0 Å². The first kappa shape index (κ1) is 34.1. The normalized spacial score (nSPS) is 16.6. The molecular weight excluding hydrogens is 677 g/mol. The highest BCUT2D eigenvalue weighted by atomic mass is 15.2. The van der Waals surface area contributed by atoms with Crippen molar-refractivity contribution < 1.29 is 0 Å². The van der Waals surface area contributed by atoms with Crippen molar-refractivity contribution in [3.8, 4) is 22.3 Å². The van der Waals surface area contributed by atoms with Crippen LogP contribution in [0.3, 0.4) is 0 Å². The van der Waals surface area contributed by atoms with E-state index in [4.69, 9.17) is 0 Å². The maximum absolute atomic E-state index is 2.51. The van der Waals surface area contributed by atoms with Crippen molar-refractivity contribution in [2.24, 2.45) is 0 Å². The average molecular weight is 723 g/mol. The second-order valence-corrected chi connectivity index (χ2v) is 16.5. The zero-order valence-corrected chi connectivity index (χ0v) is 32.6. The third-order valence-corrected chi connectivity index (χ3v) is 12.6. The molecule has 0 aromatic heterocycles. The Morgan fingerprint density at radius 2 is 0.893 bits per heavy atom. The minimum absolute atomic E-state index is 0.0506. The first-order chi connectivity index (χ1) is 27.3. The van der Waals surface area contributed by atoms with Crippen LogP contribution in [0.15, 0.2) is 188 Å². The molecule has 3 aliphatic carbocycles. The van der Waals surface area contributed by atoms with Crippen LogP contribution in [0.25, 0.3) is 27.8 Å². The molecule has 0 saturated heterocycles. The van der Waals surface area contributed by atoms with Crippen molar-refractivity contribution in [2.75, 3.05) is 9.80 Å². The third kappa shape index (κ3) is 5.46. The lowest BCUT2D eigenvalue weighted by Gasteiger charge is -2.34. The van der Waals surface area contributed by atoms with Crippen LogP contribution in [0.1, 0.15) is 61.9 Å². The molecule has 0 heterocycles. The van der Waals surface area contributed by atoms with Gasteiger partial charge in [-0.1, -0.05) is 155 Å². The predicted octanol–water partition coefficient (Wildman–Crippen LogP) is 14.3. The molecule has 0 aliphatic heterocycles. The molecule has 272 valence electrons. The average Bonchev–Trinajstić information content (AvgIpc) is 3.61. The highest BCUT2D eigenvalue weighted by molar-refractivity contribution is 5.87. The second-order valence-electron chi connectivity index (χ2n) is 16.5. The monoisotopic (exact) mass is 722 g/mol. The molecule has 0 N–H and O–H groups in total. The molecule has 1 unspecified atom stereocenters. The van der Waals surface area contributed by atoms with Crippen LogP contribution in [0, 0.1) is 0 Å². The summed E-state index contributed by atoms with van der Waals surface area (Å²) in [7, 11) is 0. The zero-order valence-electron chi connectivity index (χ0n) is 32.6. The topological polar surface area (TPSA) is 6.48 Å². The summed E-state index contributed by atoms with van der Waals surface area (Å²) < 4.78 is 0. The summed E-state index contributed by atoms with van der Waals surface area (Å²) in [6, 6.07) is 62.7. The van der Waals surface area contributed by atoms with E-state index < -0.39 is 0 Å². The van der Waals surface area contributed by atoms with Gasteiger partial charge in [0.15, 0.2) is 0 Å². The summed E-state index contributed by atoms with van der Waals surface area (Å²) in [5.74, 6) is 0. The Morgan fingerprint density at radius 3 is 1.46 bits per heavy atom. The van der Waals surface area contributed by atoms with Gasteiger partial charge < -0.3 is 9.80 Å². The van der Waals surface area contributed by atoms with E-state index in [1.165, 1.54) is 72.7 Å². The van der Waals surface area contributed by atoms with Crippen molar-refractivity contribution >= 4 is 34.0 Å². The van der Waals surface area contributed by atoms with Crippen molar-refractivity contribution in [1.82, 2.24) is 0 Å². The number of anilines is 5. The lowest BCUT2D eigenvalue weighted by molar-refractivity contribution is 0.659. The van der Waals surface area contributed by atoms with Gasteiger partial charge in [-0.25, -0.2) is 0 Å². The van der Waals surface area contributed by atoms with E-state index in [0.29, 0.717) is 0 Å². The number of para-hydroxylation sites is 2. The fourth-order valence-electron chi connectivity index (χ4n) is 9.64. The molecule has 0 saturated carbocycles. The number of hydrogen-bond donors (Lipinski definition) is 0. The number of hydrogen-bond acceptors (Lipinski definition) is 2. The molecule has 0 bridgehead atoms. The van der Waals surface area contributed by atoms with Crippen LogP contribution in [0.5, 0.6) is 0 Å². The van der Waals surface area contributed by atoms with Gasteiger partial charge in [0, 0.05) is 39.3 Å². The summed E-state index contributed by atoms with van der Waals surface area (Å²) in [6.45, 7) is 9.42. The lowest BCUT2D eigenvalue weighted by atomic mass is 9.82. The maximum atomic E-state index is 2.51. The molecule has 1 atom stereocenters. The number of nitrogens with zero attached hydrogens (tertiary/aromatic N) is 2. The van der Waals surface area contributed by atoms with Crippen LogP contribution in [-0.2, 0) is 10.8 Å². The Kier molecular flexibility index (Phi) is 8.01. The van der Waals surface area contributed by atoms with E-state index in [9.17, 15) is 0 Å². The third-order valence-electron chi connectivity index (χ3n) is 12.6. The molecule has 2 heteroatoms. The van der Waals surface area contributed by atoms with Gasteiger partial charge in [-0.2, -0.15) is 0 Å². The minimum Gasteiger partial charge on any atom is -0.334 e. The van der Waals surface area contributed by atoms with Gasteiger partial charge in [0.05, 0.1) is 6.04 Å².